The highest BCUT2D eigenvalue weighted by Crippen LogP contribution is 2.20. The number of anilines is 4. The van der Waals surface area contributed by atoms with E-state index in [0.717, 1.165) is 11.4 Å². The van der Waals surface area contributed by atoms with Gasteiger partial charge in [-0.3, -0.25) is 0 Å². The summed E-state index contributed by atoms with van der Waals surface area (Å²) in [7, 11) is 1.34. The molecule has 6 nitrogen and oxygen atoms in total. The van der Waals surface area contributed by atoms with E-state index in [1.165, 1.54) is 19.2 Å². The molecule has 2 N–H and O–H groups in total. The van der Waals surface area contributed by atoms with Crippen molar-refractivity contribution < 1.29 is 13.9 Å². The third-order valence-electron chi connectivity index (χ3n) is 3.51. The van der Waals surface area contributed by atoms with Gasteiger partial charge in [-0.15, -0.1) is 0 Å². The first-order chi connectivity index (χ1) is 12.5. The molecule has 0 spiro atoms. The Morgan fingerprint density at radius 2 is 1.77 bits per heavy atom. The van der Waals surface area contributed by atoms with E-state index < -0.39 is 5.97 Å². The lowest BCUT2D eigenvalue weighted by Gasteiger charge is -2.10. The lowest BCUT2D eigenvalue weighted by molar-refractivity contribution is 0.0601. The van der Waals surface area contributed by atoms with Gasteiger partial charge in [-0.2, -0.15) is 4.98 Å². The van der Waals surface area contributed by atoms with E-state index in [-0.39, 0.29) is 5.82 Å². The summed E-state index contributed by atoms with van der Waals surface area (Å²) in [6.45, 7) is 1.84. The monoisotopic (exact) mass is 352 g/mol. The number of rotatable bonds is 5. The molecule has 0 fully saturated rings. The molecule has 0 saturated carbocycles. The van der Waals surface area contributed by atoms with Crippen LogP contribution >= 0.6 is 0 Å². The Hall–Kier alpha value is -3.48. The zero-order chi connectivity index (χ0) is 18.5. The summed E-state index contributed by atoms with van der Waals surface area (Å²) in [5.41, 5.74) is 2.52. The molecule has 26 heavy (non-hydrogen) atoms. The van der Waals surface area contributed by atoms with Crippen LogP contribution in [0.3, 0.4) is 0 Å². The molecule has 0 aliphatic heterocycles. The second kappa shape index (κ2) is 7.60. The topological polar surface area (TPSA) is 76.1 Å². The highest BCUT2D eigenvalue weighted by Gasteiger charge is 2.07. The van der Waals surface area contributed by atoms with Crippen molar-refractivity contribution in [1.82, 2.24) is 9.97 Å². The summed E-state index contributed by atoms with van der Waals surface area (Å²) >= 11 is 0. The van der Waals surface area contributed by atoms with Crippen LogP contribution in [-0.4, -0.2) is 23.0 Å². The number of carbonyl (C=O) groups is 1. The summed E-state index contributed by atoms with van der Waals surface area (Å²) in [6.07, 6.45) is 0. The summed E-state index contributed by atoms with van der Waals surface area (Å²) in [6, 6.07) is 14.7. The average Bonchev–Trinajstić information content (AvgIpc) is 2.61. The maximum atomic E-state index is 13.3. The fourth-order valence-electron chi connectivity index (χ4n) is 2.34. The van der Waals surface area contributed by atoms with Gasteiger partial charge in [-0.25, -0.2) is 14.2 Å². The molecule has 1 aromatic heterocycles. The van der Waals surface area contributed by atoms with E-state index in [1.54, 1.807) is 42.5 Å². The summed E-state index contributed by atoms with van der Waals surface area (Å²) < 4.78 is 18.0. The number of nitrogens with zero attached hydrogens (tertiary/aromatic N) is 2. The van der Waals surface area contributed by atoms with E-state index >= 15 is 0 Å². The zero-order valence-electron chi connectivity index (χ0n) is 14.3. The quantitative estimate of drug-likeness (QED) is 0.670. The third-order valence-corrected chi connectivity index (χ3v) is 3.51. The van der Waals surface area contributed by atoms with Crippen LogP contribution < -0.4 is 10.6 Å². The molecule has 3 aromatic rings. The fourth-order valence-corrected chi connectivity index (χ4v) is 2.34. The largest absolute Gasteiger partial charge is 0.465 e. The van der Waals surface area contributed by atoms with E-state index in [1.807, 2.05) is 6.92 Å². The van der Waals surface area contributed by atoms with Crippen LogP contribution in [0.5, 0.6) is 0 Å². The minimum atomic E-state index is -0.393. The van der Waals surface area contributed by atoms with Gasteiger partial charge in [0.2, 0.25) is 5.95 Å². The van der Waals surface area contributed by atoms with Gasteiger partial charge in [-0.05, 0) is 49.4 Å². The van der Waals surface area contributed by atoms with Crippen LogP contribution in [-0.2, 0) is 4.74 Å². The van der Waals surface area contributed by atoms with Gasteiger partial charge in [0.25, 0.3) is 0 Å². The molecular weight excluding hydrogens is 335 g/mol. The van der Waals surface area contributed by atoms with Crippen molar-refractivity contribution in [2.45, 2.75) is 6.92 Å². The molecular formula is C19H17FN4O2. The van der Waals surface area contributed by atoms with E-state index in [2.05, 4.69) is 25.3 Å². The lowest BCUT2D eigenvalue weighted by atomic mass is 10.2. The molecule has 7 heteroatoms. The first-order valence-electron chi connectivity index (χ1n) is 7.87. The Morgan fingerprint density at radius 1 is 1.00 bits per heavy atom. The third kappa shape index (κ3) is 4.32. The van der Waals surface area contributed by atoms with Gasteiger partial charge in [-0.1, -0.05) is 6.07 Å². The molecule has 0 aliphatic rings. The van der Waals surface area contributed by atoms with Gasteiger partial charge >= 0.3 is 5.97 Å². The molecule has 0 unspecified atom stereocenters. The summed E-state index contributed by atoms with van der Waals surface area (Å²) in [5.74, 6) is 0.189. The number of aromatic nitrogens is 2. The van der Waals surface area contributed by atoms with Gasteiger partial charge in [0, 0.05) is 23.1 Å². The normalized spacial score (nSPS) is 10.3. The van der Waals surface area contributed by atoms with Gasteiger partial charge in [0.05, 0.1) is 12.7 Å². The fraction of sp³-hybridized carbons (Fsp3) is 0.105. The van der Waals surface area contributed by atoms with Crippen LogP contribution in [0.15, 0.2) is 54.6 Å². The van der Waals surface area contributed by atoms with E-state index in [4.69, 9.17) is 0 Å². The first-order valence-corrected chi connectivity index (χ1v) is 7.87. The highest BCUT2D eigenvalue weighted by atomic mass is 19.1. The molecule has 132 valence electrons. The van der Waals surface area contributed by atoms with Crippen LogP contribution in [0.25, 0.3) is 0 Å². The van der Waals surface area contributed by atoms with Gasteiger partial charge in [0.1, 0.15) is 11.6 Å². The molecule has 0 atom stereocenters. The predicted octanol–water partition coefficient (Wildman–Crippen LogP) is 4.20. The second-order valence-electron chi connectivity index (χ2n) is 5.55. The van der Waals surface area contributed by atoms with Crippen LogP contribution in [0, 0.1) is 12.7 Å². The van der Waals surface area contributed by atoms with Crippen molar-refractivity contribution in [2.75, 3.05) is 17.7 Å². The Labute approximate surface area is 150 Å². The number of ether oxygens (including phenoxy) is 1. The number of methoxy groups -OCH3 is 1. The number of hydrogen-bond acceptors (Lipinski definition) is 6. The molecule has 0 radical (unpaired) electrons. The molecule has 1 heterocycles. The Morgan fingerprint density at radius 3 is 2.46 bits per heavy atom. The SMILES string of the molecule is COC(=O)c1ccc(Nc2cc(C)nc(Nc3cccc(F)c3)n2)cc1. The minimum Gasteiger partial charge on any atom is -0.465 e. The van der Waals surface area contributed by atoms with Crippen LogP contribution in [0.1, 0.15) is 16.1 Å². The maximum absolute atomic E-state index is 13.3. The summed E-state index contributed by atoms with van der Waals surface area (Å²) in [5, 5.41) is 6.13. The number of hydrogen-bond donors (Lipinski definition) is 2. The zero-order valence-corrected chi connectivity index (χ0v) is 14.3. The van der Waals surface area contributed by atoms with Crippen molar-refractivity contribution in [3.63, 3.8) is 0 Å². The number of esters is 1. The number of benzene rings is 2. The van der Waals surface area contributed by atoms with Crippen molar-refractivity contribution >= 4 is 29.1 Å². The molecule has 3 rings (SSSR count). The average molecular weight is 352 g/mol. The predicted molar refractivity (Wildman–Crippen MR) is 97.5 cm³/mol. The number of aryl methyl sites for hydroxylation is 1. The highest BCUT2D eigenvalue weighted by molar-refractivity contribution is 5.89. The number of halogens is 1. The van der Waals surface area contributed by atoms with Crippen LogP contribution in [0.2, 0.25) is 0 Å². The smallest absolute Gasteiger partial charge is 0.337 e. The summed E-state index contributed by atoms with van der Waals surface area (Å²) in [4.78, 5) is 20.2. The first kappa shape index (κ1) is 17.3. The number of carbonyl (C=O) groups excluding carboxylic acids is 1. The Balaban J connectivity index is 1.78. The molecule has 0 saturated heterocycles. The van der Waals surface area contributed by atoms with Crippen LogP contribution in [0.4, 0.5) is 27.5 Å². The van der Waals surface area contributed by atoms with E-state index in [9.17, 15) is 9.18 Å². The van der Waals surface area contributed by atoms with E-state index in [0.29, 0.717) is 23.0 Å². The maximum Gasteiger partial charge on any atom is 0.337 e. The van der Waals surface area contributed by atoms with Gasteiger partial charge in [0.15, 0.2) is 0 Å². The second-order valence-corrected chi connectivity index (χ2v) is 5.55. The lowest BCUT2D eigenvalue weighted by Crippen LogP contribution is -2.03. The molecule has 0 aliphatic carbocycles. The minimum absolute atomic E-state index is 0.341. The van der Waals surface area contributed by atoms with Crippen molar-refractivity contribution in [1.29, 1.82) is 0 Å². The van der Waals surface area contributed by atoms with Gasteiger partial charge < -0.3 is 15.4 Å². The number of nitrogens with one attached hydrogen (secondary N) is 2. The molecule has 2 aromatic carbocycles. The molecule has 0 amide bonds. The standard InChI is InChI=1S/C19H17FN4O2/c1-12-10-17(22-15-8-6-13(7-9-15)18(25)26-2)24-19(21-12)23-16-5-3-4-14(20)11-16/h3-11H,1-2H3,(H2,21,22,23,24). The Kier molecular flexibility index (Phi) is 5.07. The Bertz CT molecular complexity index is 929. The molecule has 0 bridgehead atoms. The van der Waals surface area contributed by atoms with Crippen molar-refractivity contribution in [2.24, 2.45) is 0 Å². The van der Waals surface area contributed by atoms with Crippen molar-refractivity contribution in [3.05, 3.63) is 71.7 Å². The van der Waals surface area contributed by atoms with Crippen molar-refractivity contribution in [3.8, 4) is 0 Å².